The van der Waals surface area contributed by atoms with Crippen LogP contribution >= 0.6 is 11.6 Å². The Bertz CT molecular complexity index is 350. The highest BCUT2D eigenvalue weighted by Crippen LogP contribution is 2.23. The molecule has 4 heteroatoms. The summed E-state index contributed by atoms with van der Waals surface area (Å²) >= 11 is 5.70. The Hall–Kier alpha value is -1.09. The first-order valence-corrected chi connectivity index (χ1v) is 4.16. The molecule has 1 aromatic heterocycles. The van der Waals surface area contributed by atoms with Crippen molar-refractivity contribution < 1.29 is 9.53 Å². The number of Topliss-reactive ketones (excluding diaryl/α,β-unsaturated/α-hetero) is 1. The highest BCUT2D eigenvalue weighted by atomic mass is 35.5. The minimum Gasteiger partial charge on any atom is -0.480 e. The van der Waals surface area contributed by atoms with Crippen LogP contribution in [0.5, 0.6) is 5.88 Å². The maximum Gasteiger partial charge on any atom is 0.225 e. The molecule has 0 saturated carbocycles. The summed E-state index contributed by atoms with van der Waals surface area (Å²) in [5, 5.41) is 0.333. The summed E-state index contributed by atoms with van der Waals surface area (Å²) in [6.07, 6.45) is 0. The van der Waals surface area contributed by atoms with Crippen LogP contribution in [0.25, 0.3) is 0 Å². The molecule has 0 amide bonds. The number of halogens is 1. The molecule has 1 aromatic rings. The molecule has 0 aromatic carbocycles. The van der Waals surface area contributed by atoms with Crippen molar-refractivity contribution in [1.82, 2.24) is 4.98 Å². The fourth-order valence-corrected chi connectivity index (χ4v) is 1.42. The Kier molecular flexibility index (Phi) is 2.88. The number of ketones is 1. The average molecular weight is 200 g/mol. The number of pyridine rings is 1. The van der Waals surface area contributed by atoms with Crippen LogP contribution in [0.3, 0.4) is 0 Å². The number of carbonyl (C=O) groups is 1. The second-order valence-corrected chi connectivity index (χ2v) is 3.09. The van der Waals surface area contributed by atoms with E-state index in [4.69, 9.17) is 16.3 Å². The number of ether oxygens (including phenoxy) is 1. The largest absolute Gasteiger partial charge is 0.480 e. The number of rotatable bonds is 2. The smallest absolute Gasteiger partial charge is 0.225 e. The van der Waals surface area contributed by atoms with E-state index in [-0.39, 0.29) is 11.7 Å². The molecule has 0 fully saturated rings. The molecule has 0 atom stereocenters. The molecule has 0 aliphatic rings. The quantitative estimate of drug-likeness (QED) is 0.542. The number of nitrogens with zero attached hydrogens (tertiary/aromatic N) is 1. The van der Waals surface area contributed by atoms with Crippen molar-refractivity contribution in [2.24, 2.45) is 0 Å². The van der Waals surface area contributed by atoms with E-state index in [9.17, 15) is 4.79 Å². The number of hydrogen-bond donors (Lipinski definition) is 0. The van der Waals surface area contributed by atoms with Gasteiger partial charge in [-0.2, -0.15) is 0 Å². The van der Waals surface area contributed by atoms with Gasteiger partial charge in [-0.05, 0) is 25.5 Å². The van der Waals surface area contributed by atoms with E-state index in [1.807, 2.05) is 0 Å². The zero-order valence-corrected chi connectivity index (χ0v) is 8.47. The van der Waals surface area contributed by atoms with E-state index >= 15 is 0 Å². The van der Waals surface area contributed by atoms with Crippen molar-refractivity contribution in [3.05, 3.63) is 22.3 Å². The minimum absolute atomic E-state index is 0.0708. The molecule has 70 valence electrons. The van der Waals surface area contributed by atoms with Gasteiger partial charge < -0.3 is 4.74 Å². The first-order valence-electron chi connectivity index (χ1n) is 3.78. The number of carbonyl (C=O) groups excluding carboxylic acids is 1. The van der Waals surface area contributed by atoms with Gasteiger partial charge in [-0.15, -0.1) is 0 Å². The van der Waals surface area contributed by atoms with Crippen LogP contribution in [0.15, 0.2) is 6.07 Å². The van der Waals surface area contributed by atoms with Gasteiger partial charge in [0.2, 0.25) is 5.88 Å². The lowest BCUT2D eigenvalue weighted by molar-refractivity contribution is 0.101. The van der Waals surface area contributed by atoms with Gasteiger partial charge in [-0.1, -0.05) is 11.6 Å². The summed E-state index contributed by atoms with van der Waals surface area (Å²) < 4.78 is 4.95. The number of aromatic nitrogens is 1. The maximum absolute atomic E-state index is 11.2. The maximum atomic E-state index is 11.2. The number of methoxy groups -OCH3 is 1. The highest BCUT2D eigenvalue weighted by Gasteiger charge is 2.13. The van der Waals surface area contributed by atoms with Crippen molar-refractivity contribution in [3.8, 4) is 5.88 Å². The Morgan fingerprint density at radius 1 is 1.62 bits per heavy atom. The van der Waals surface area contributed by atoms with E-state index in [0.717, 1.165) is 5.56 Å². The second-order valence-electron chi connectivity index (χ2n) is 2.70. The van der Waals surface area contributed by atoms with Crippen LogP contribution in [0.2, 0.25) is 5.15 Å². The lowest BCUT2D eigenvalue weighted by atomic mass is 10.1. The van der Waals surface area contributed by atoms with Gasteiger partial charge in [0, 0.05) is 0 Å². The Morgan fingerprint density at radius 3 is 2.69 bits per heavy atom. The Morgan fingerprint density at radius 2 is 2.23 bits per heavy atom. The van der Waals surface area contributed by atoms with Gasteiger partial charge in [0.1, 0.15) is 5.15 Å². The van der Waals surface area contributed by atoms with E-state index in [1.165, 1.54) is 14.0 Å². The van der Waals surface area contributed by atoms with Crippen LogP contribution in [-0.2, 0) is 0 Å². The van der Waals surface area contributed by atoms with E-state index < -0.39 is 0 Å². The third-order valence-electron chi connectivity index (χ3n) is 1.70. The van der Waals surface area contributed by atoms with Crippen LogP contribution < -0.4 is 4.74 Å². The third kappa shape index (κ3) is 1.98. The SMILES string of the molecule is COc1nc(Cl)cc(C)c1C(C)=O. The van der Waals surface area contributed by atoms with Gasteiger partial charge in [0.15, 0.2) is 5.78 Å². The molecule has 1 heterocycles. The summed E-state index contributed by atoms with van der Waals surface area (Å²) in [6.45, 7) is 3.27. The Balaban J connectivity index is 3.38. The monoisotopic (exact) mass is 199 g/mol. The topological polar surface area (TPSA) is 39.2 Å². The van der Waals surface area contributed by atoms with E-state index in [1.54, 1.807) is 13.0 Å². The van der Waals surface area contributed by atoms with Crippen LogP contribution in [0, 0.1) is 6.92 Å². The molecule has 0 radical (unpaired) electrons. The number of hydrogen-bond acceptors (Lipinski definition) is 3. The number of aryl methyl sites for hydroxylation is 1. The molecular weight excluding hydrogens is 190 g/mol. The molecule has 0 spiro atoms. The van der Waals surface area contributed by atoms with Crippen molar-refractivity contribution in [2.75, 3.05) is 7.11 Å². The predicted octanol–water partition coefficient (Wildman–Crippen LogP) is 2.25. The summed E-state index contributed by atoms with van der Waals surface area (Å²) in [6, 6.07) is 1.64. The first kappa shape index (κ1) is 9.99. The molecule has 0 bridgehead atoms. The molecule has 3 nitrogen and oxygen atoms in total. The van der Waals surface area contributed by atoms with Gasteiger partial charge in [-0.3, -0.25) is 4.79 Å². The molecular formula is C9H10ClNO2. The van der Waals surface area contributed by atoms with Crippen molar-refractivity contribution in [3.63, 3.8) is 0 Å². The zero-order chi connectivity index (χ0) is 10.0. The van der Waals surface area contributed by atoms with Crippen LogP contribution in [0.1, 0.15) is 22.8 Å². The predicted molar refractivity (Wildman–Crippen MR) is 50.5 cm³/mol. The lowest BCUT2D eigenvalue weighted by Gasteiger charge is -2.07. The summed E-state index contributed by atoms with van der Waals surface area (Å²) in [5.74, 6) is 0.219. The summed E-state index contributed by atoms with van der Waals surface area (Å²) in [7, 11) is 1.46. The van der Waals surface area contributed by atoms with Gasteiger partial charge in [-0.25, -0.2) is 4.98 Å². The van der Waals surface area contributed by atoms with Crippen LogP contribution in [0.4, 0.5) is 0 Å². The molecule has 0 aliphatic heterocycles. The fraction of sp³-hybridized carbons (Fsp3) is 0.333. The van der Waals surface area contributed by atoms with E-state index in [2.05, 4.69) is 4.98 Å². The van der Waals surface area contributed by atoms with E-state index in [0.29, 0.717) is 10.7 Å². The molecule has 0 unspecified atom stereocenters. The third-order valence-corrected chi connectivity index (χ3v) is 1.89. The van der Waals surface area contributed by atoms with Crippen LogP contribution in [-0.4, -0.2) is 17.9 Å². The molecule has 0 N–H and O–H groups in total. The minimum atomic E-state index is -0.0708. The molecule has 13 heavy (non-hydrogen) atoms. The first-order chi connectivity index (χ1) is 6.06. The Labute approximate surface area is 81.7 Å². The van der Waals surface area contributed by atoms with Crippen molar-refractivity contribution >= 4 is 17.4 Å². The van der Waals surface area contributed by atoms with Crippen molar-refractivity contribution in [1.29, 1.82) is 0 Å². The summed E-state index contributed by atoms with van der Waals surface area (Å²) in [4.78, 5) is 15.1. The zero-order valence-electron chi connectivity index (χ0n) is 7.72. The van der Waals surface area contributed by atoms with Gasteiger partial charge in [0.05, 0.1) is 12.7 Å². The van der Waals surface area contributed by atoms with Crippen molar-refractivity contribution in [2.45, 2.75) is 13.8 Å². The average Bonchev–Trinajstić information content (AvgIpc) is 2.01. The van der Waals surface area contributed by atoms with Gasteiger partial charge >= 0.3 is 0 Å². The second kappa shape index (κ2) is 3.75. The normalized spacial score (nSPS) is 9.85. The molecule has 0 saturated heterocycles. The summed E-state index contributed by atoms with van der Waals surface area (Å²) in [5.41, 5.74) is 1.27. The lowest BCUT2D eigenvalue weighted by Crippen LogP contribution is -2.02. The highest BCUT2D eigenvalue weighted by molar-refractivity contribution is 6.29. The van der Waals surface area contributed by atoms with Gasteiger partial charge in [0.25, 0.3) is 0 Å². The fourth-order valence-electron chi connectivity index (χ4n) is 1.18. The standard InChI is InChI=1S/C9H10ClNO2/c1-5-4-7(10)11-9(13-3)8(5)6(2)12/h4H,1-3H3. The molecule has 0 aliphatic carbocycles. The molecule has 1 rings (SSSR count).